The van der Waals surface area contributed by atoms with Crippen molar-refractivity contribution in [2.45, 2.75) is 5.66 Å². The molecule has 2 aromatic rings. The van der Waals surface area contributed by atoms with Gasteiger partial charge in [-0.05, 0) is 11.6 Å². The van der Waals surface area contributed by atoms with Gasteiger partial charge < -0.3 is 19.8 Å². The molecule has 1 unspecified atom stereocenters. The van der Waals surface area contributed by atoms with Crippen molar-refractivity contribution in [1.29, 1.82) is 0 Å². The Morgan fingerprint density at radius 2 is 1.82 bits per heavy atom. The minimum absolute atomic E-state index is 0.125. The molecule has 1 heterocycles. The molecule has 0 saturated carbocycles. The number of benzene rings is 1. The van der Waals surface area contributed by atoms with E-state index in [2.05, 4.69) is 4.98 Å². The summed E-state index contributed by atoms with van der Waals surface area (Å²) in [7, 11) is -3.47. The van der Waals surface area contributed by atoms with Gasteiger partial charge in [-0.3, -0.25) is 4.57 Å². The van der Waals surface area contributed by atoms with Crippen LogP contribution in [-0.2, 0) is 13.6 Å². The van der Waals surface area contributed by atoms with Crippen molar-refractivity contribution in [3.63, 3.8) is 0 Å². The fraction of sp³-hybridized carbons (Fsp3) is 0.429. The summed E-state index contributed by atoms with van der Waals surface area (Å²) in [5.41, 5.74) is 7.05. The molecule has 0 amide bonds. The number of H-pyrrole nitrogens is 1. The van der Waals surface area contributed by atoms with E-state index in [0.717, 1.165) is 16.5 Å². The number of nitrogens with two attached hydrogens (primary N) is 1. The van der Waals surface area contributed by atoms with Gasteiger partial charge in [0.2, 0.25) is 0 Å². The third-order valence-corrected chi connectivity index (χ3v) is 5.93. The van der Waals surface area contributed by atoms with Crippen LogP contribution in [0.3, 0.4) is 0 Å². The molecule has 0 aliphatic heterocycles. The first-order chi connectivity index (χ1) is 10.7. The van der Waals surface area contributed by atoms with E-state index in [9.17, 15) is 4.57 Å². The third kappa shape index (κ3) is 3.85. The highest BCUT2D eigenvalue weighted by Crippen LogP contribution is 2.61. The van der Waals surface area contributed by atoms with Crippen LogP contribution >= 0.6 is 30.8 Å². The summed E-state index contributed by atoms with van der Waals surface area (Å²) in [6.07, 6.45) is 1.79. The molecule has 1 aromatic heterocycles. The number of rotatable bonds is 9. The zero-order valence-electron chi connectivity index (χ0n) is 12.0. The Kier molecular flexibility index (Phi) is 6.75. The van der Waals surface area contributed by atoms with Gasteiger partial charge in [0.05, 0.1) is 13.2 Å². The molecule has 0 saturated heterocycles. The molecule has 0 aliphatic rings. The van der Waals surface area contributed by atoms with Crippen LogP contribution in [0.2, 0.25) is 0 Å². The van der Waals surface area contributed by atoms with Crippen LogP contribution in [0, 0.1) is 0 Å². The largest absolute Gasteiger partial charge is 0.361 e. The van der Waals surface area contributed by atoms with Gasteiger partial charge in [-0.1, -0.05) is 18.2 Å². The van der Waals surface area contributed by atoms with Gasteiger partial charge in [-0.15, -0.1) is 23.2 Å². The SMILES string of the molecule is NCC(c1c[nH]c2ccccc12)P(=O)(OCCCl)OCCCl. The molecule has 2 rings (SSSR count). The van der Waals surface area contributed by atoms with Crippen molar-refractivity contribution < 1.29 is 13.6 Å². The number of alkyl halides is 2. The molecule has 3 N–H and O–H groups in total. The number of aromatic amines is 1. The number of nitrogens with one attached hydrogen (secondary N) is 1. The fourth-order valence-corrected chi connectivity index (χ4v) is 4.64. The predicted octanol–water partition coefficient (Wildman–Crippen LogP) is 3.87. The number of hydrogen-bond acceptors (Lipinski definition) is 4. The molecule has 1 atom stereocenters. The quantitative estimate of drug-likeness (QED) is 0.522. The lowest BCUT2D eigenvalue weighted by Crippen LogP contribution is -2.17. The van der Waals surface area contributed by atoms with Gasteiger partial charge in [-0.2, -0.15) is 0 Å². The predicted molar refractivity (Wildman–Crippen MR) is 91.0 cm³/mol. The van der Waals surface area contributed by atoms with Crippen molar-refractivity contribution in [1.82, 2.24) is 4.98 Å². The van der Waals surface area contributed by atoms with Gasteiger partial charge in [0.25, 0.3) is 0 Å². The van der Waals surface area contributed by atoms with E-state index in [-0.39, 0.29) is 31.5 Å². The second kappa shape index (κ2) is 8.34. The van der Waals surface area contributed by atoms with Crippen LogP contribution in [0.4, 0.5) is 0 Å². The number of halogens is 2. The second-order valence-corrected chi connectivity index (χ2v) is 7.60. The topological polar surface area (TPSA) is 77.3 Å². The van der Waals surface area contributed by atoms with E-state index in [1.807, 2.05) is 24.3 Å². The summed E-state index contributed by atoms with van der Waals surface area (Å²) >= 11 is 11.3. The highest BCUT2D eigenvalue weighted by Gasteiger charge is 2.37. The van der Waals surface area contributed by atoms with Crippen molar-refractivity contribution in [3.05, 3.63) is 36.0 Å². The summed E-state index contributed by atoms with van der Waals surface area (Å²) in [6.45, 7) is 0.379. The first kappa shape index (κ1) is 17.8. The van der Waals surface area contributed by atoms with E-state index in [1.54, 1.807) is 6.20 Å². The van der Waals surface area contributed by atoms with Crippen LogP contribution in [0.5, 0.6) is 0 Å². The van der Waals surface area contributed by atoms with Crippen LogP contribution in [-0.4, -0.2) is 36.5 Å². The monoisotopic (exact) mass is 364 g/mol. The molecule has 0 fully saturated rings. The van der Waals surface area contributed by atoms with Crippen molar-refractivity contribution in [2.75, 3.05) is 31.5 Å². The second-order valence-electron chi connectivity index (χ2n) is 4.63. The lowest BCUT2D eigenvalue weighted by Gasteiger charge is -2.25. The Morgan fingerprint density at radius 3 is 2.41 bits per heavy atom. The van der Waals surface area contributed by atoms with Crippen LogP contribution in [0.15, 0.2) is 30.5 Å². The van der Waals surface area contributed by atoms with Gasteiger partial charge >= 0.3 is 7.60 Å². The molecule has 0 radical (unpaired) electrons. The van der Waals surface area contributed by atoms with Crippen LogP contribution < -0.4 is 5.73 Å². The number of fused-ring (bicyclic) bond motifs is 1. The standard InChI is InChI=1S/C14H19Cl2N2O3P/c15-5-7-20-22(19,21-8-6-16)14(9-17)12-10-18-13-4-2-1-3-11(12)13/h1-4,10,14,18H,5-9,17H2. The molecular weight excluding hydrogens is 346 g/mol. The van der Waals surface area contributed by atoms with Crippen molar-refractivity contribution in [3.8, 4) is 0 Å². The number of hydrogen-bond donors (Lipinski definition) is 2. The zero-order valence-corrected chi connectivity index (χ0v) is 14.4. The Hall–Kier alpha value is -0.550. The smallest absolute Gasteiger partial charge is 0.339 e. The molecule has 5 nitrogen and oxygen atoms in total. The molecular formula is C14H19Cl2N2O3P. The third-order valence-electron chi connectivity index (χ3n) is 3.28. The Labute approximate surface area is 139 Å². The van der Waals surface area contributed by atoms with E-state index in [1.165, 1.54) is 0 Å². The average molecular weight is 365 g/mol. The Morgan fingerprint density at radius 1 is 1.18 bits per heavy atom. The molecule has 122 valence electrons. The highest BCUT2D eigenvalue weighted by atomic mass is 35.5. The molecule has 0 aliphatic carbocycles. The molecule has 0 spiro atoms. The highest BCUT2D eigenvalue weighted by molar-refractivity contribution is 7.54. The number of para-hydroxylation sites is 1. The minimum Gasteiger partial charge on any atom is -0.361 e. The summed E-state index contributed by atoms with van der Waals surface area (Å²) in [4.78, 5) is 3.15. The van der Waals surface area contributed by atoms with Gasteiger partial charge in [0, 0.05) is 35.4 Å². The van der Waals surface area contributed by atoms with E-state index >= 15 is 0 Å². The Balaban J connectivity index is 2.39. The van der Waals surface area contributed by atoms with E-state index in [4.69, 9.17) is 38.0 Å². The summed E-state index contributed by atoms with van der Waals surface area (Å²) in [5.74, 6) is 0.443. The Bertz CT molecular complexity index is 638. The van der Waals surface area contributed by atoms with Crippen molar-refractivity contribution >= 4 is 41.7 Å². The molecule has 8 heteroatoms. The van der Waals surface area contributed by atoms with Gasteiger partial charge in [0.15, 0.2) is 0 Å². The lowest BCUT2D eigenvalue weighted by molar-refractivity contribution is 0.214. The van der Waals surface area contributed by atoms with Crippen molar-refractivity contribution in [2.24, 2.45) is 5.73 Å². The molecule has 22 heavy (non-hydrogen) atoms. The molecule has 1 aromatic carbocycles. The first-order valence-corrected chi connectivity index (χ1v) is 9.61. The maximum atomic E-state index is 13.1. The maximum absolute atomic E-state index is 13.1. The maximum Gasteiger partial charge on any atom is 0.339 e. The van der Waals surface area contributed by atoms with Gasteiger partial charge in [0.1, 0.15) is 5.66 Å². The zero-order chi connectivity index (χ0) is 16.0. The lowest BCUT2D eigenvalue weighted by atomic mass is 10.1. The normalized spacial score (nSPS) is 13.6. The van der Waals surface area contributed by atoms with Crippen LogP contribution in [0.25, 0.3) is 10.9 Å². The summed E-state index contributed by atoms with van der Waals surface area (Å²) < 4.78 is 24.1. The molecule has 0 bridgehead atoms. The average Bonchev–Trinajstić information content (AvgIpc) is 2.96. The first-order valence-electron chi connectivity index (χ1n) is 6.93. The number of aromatic nitrogens is 1. The van der Waals surface area contributed by atoms with E-state index in [0.29, 0.717) is 0 Å². The fourth-order valence-electron chi connectivity index (χ4n) is 2.34. The van der Waals surface area contributed by atoms with E-state index < -0.39 is 13.3 Å². The summed E-state index contributed by atoms with van der Waals surface area (Å²) in [6, 6.07) is 7.72. The van der Waals surface area contributed by atoms with Crippen LogP contribution in [0.1, 0.15) is 11.2 Å². The minimum atomic E-state index is -3.47. The van der Waals surface area contributed by atoms with Gasteiger partial charge in [-0.25, -0.2) is 0 Å². The summed E-state index contributed by atoms with van der Waals surface area (Å²) in [5, 5.41) is 0.946.